The molecule has 0 spiro atoms. The van der Waals surface area contributed by atoms with Crippen LogP contribution in [0, 0.1) is 0 Å². The van der Waals surface area contributed by atoms with E-state index in [1.807, 2.05) is 43.8 Å². The maximum Gasteiger partial charge on any atom is 0.144 e. The van der Waals surface area contributed by atoms with Crippen LogP contribution in [0.5, 0.6) is 5.75 Å². The molecule has 0 radical (unpaired) electrons. The van der Waals surface area contributed by atoms with Gasteiger partial charge in [-0.05, 0) is 44.4 Å². The molecule has 0 aromatic heterocycles. The molecule has 0 bridgehead atoms. The van der Waals surface area contributed by atoms with Crippen molar-refractivity contribution < 1.29 is 4.74 Å². The van der Waals surface area contributed by atoms with E-state index in [1.54, 1.807) is 0 Å². The fraction of sp³-hybridized carbons (Fsp3) is 0.571. The lowest BCUT2D eigenvalue weighted by Crippen LogP contribution is -2.20. The highest BCUT2D eigenvalue weighted by Gasteiger charge is 2.10. The summed E-state index contributed by atoms with van der Waals surface area (Å²) < 4.78 is 5.71. The number of anilines is 2. The molecule has 0 saturated carbocycles. The van der Waals surface area contributed by atoms with E-state index in [9.17, 15) is 0 Å². The second-order valence-electron chi connectivity index (χ2n) is 4.62. The molecule has 0 aliphatic heterocycles. The second-order valence-corrected chi connectivity index (χ2v) is 5.61. The maximum atomic E-state index is 6.16. The SMILES string of the molecule is CSCCCN(C)c1cccc(OC(C)C)c1N. The van der Waals surface area contributed by atoms with Crippen LogP contribution in [0.25, 0.3) is 0 Å². The van der Waals surface area contributed by atoms with Crippen LogP contribution >= 0.6 is 11.8 Å². The zero-order valence-corrected chi connectivity index (χ0v) is 12.6. The van der Waals surface area contributed by atoms with Crippen molar-refractivity contribution in [2.45, 2.75) is 26.4 Å². The summed E-state index contributed by atoms with van der Waals surface area (Å²) in [5.41, 5.74) is 7.95. The molecule has 1 aromatic carbocycles. The smallest absolute Gasteiger partial charge is 0.144 e. The lowest BCUT2D eigenvalue weighted by Gasteiger charge is -2.23. The van der Waals surface area contributed by atoms with Crippen molar-refractivity contribution >= 4 is 23.1 Å². The average Bonchev–Trinajstić information content (AvgIpc) is 2.31. The number of rotatable bonds is 7. The zero-order chi connectivity index (χ0) is 13.5. The van der Waals surface area contributed by atoms with E-state index in [1.165, 1.54) is 5.75 Å². The minimum atomic E-state index is 0.143. The highest BCUT2D eigenvalue weighted by molar-refractivity contribution is 7.98. The average molecular weight is 268 g/mol. The Morgan fingerprint density at radius 3 is 2.72 bits per heavy atom. The van der Waals surface area contributed by atoms with Gasteiger partial charge in [0.15, 0.2) is 0 Å². The quantitative estimate of drug-likeness (QED) is 0.608. The Morgan fingerprint density at radius 1 is 1.39 bits per heavy atom. The third kappa shape index (κ3) is 4.33. The first kappa shape index (κ1) is 15.0. The number of nitrogens with zero attached hydrogens (tertiary/aromatic N) is 1. The second kappa shape index (κ2) is 7.41. The molecule has 0 aliphatic carbocycles. The highest BCUT2D eigenvalue weighted by Crippen LogP contribution is 2.32. The van der Waals surface area contributed by atoms with Crippen LogP contribution in [0.3, 0.4) is 0 Å². The van der Waals surface area contributed by atoms with Crippen molar-refractivity contribution in [1.29, 1.82) is 0 Å². The van der Waals surface area contributed by atoms with Crippen molar-refractivity contribution in [3.63, 3.8) is 0 Å². The first-order chi connectivity index (χ1) is 8.56. The van der Waals surface area contributed by atoms with Crippen molar-refractivity contribution in [3.05, 3.63) is 18.2 Å². The Balaban J connectivity index is 2.75. The molecule has 0 saturated heterocycles. The number of para-hydroxylation sites is 1. The molecule has 0 aliphatic rings. The van der Waals surface area contributed by atoms with Crippen LogP contribution in [0.15, 0.2) is 18.2 Å². The summed E-state index contributed by atoms with van der Waals surface area (Å²) >= 11 is 1.87. The molecular weight excluding hydrogens is 244 g/mol. The maximum absolute atomic E-state index is 6.16. The molecular formula is C14H24N2OS. The topological polar surface area (TPSA) is 38.5 Å². The van der Waals surface area contributed by atoms with Crippen molar-refractivity contribution in [3.8, 4) is 5.75 Å². The lowest BCUT2D eigenvalue weighted by atomic mass is 10.2. The molecule has 0 fully saturated rings. The van der Waals surface area contributed by atoms with E-state index in [0.29, 0.717) is 0 Å². The third-order valence-corrected chi connectivity index (χ3v) is 3.36. The van der Waals surface area contributed by atoms with E-state index < -0.39 is 0 Å². The number of thioether (sulfide) groups is 1. The number of hydrogen-bond acceptors (Lipinski definition) is 4. The van der Waals surface area contributed by atoms with Crippen LogP contribution in [0.4, 0.5) is 11.4 Å². The Kier molecular flexibility index (Phi) is 6.19. The van der Waals surface area contributed by atoms with Crippen LogP contribution in [0.1, 0.15) is 20.3 Å². The zero-order valence-electron chi connectivity index (χ0n) is 11.8. The number of hydrogen-bond donors (Lipinski definition) is 1. The number of benzene rings is 1. The standard InChI is InChI=1S/C14H24N2OS/c1-11(2)17-13-8-5-7-12(14(13)15)16(3)9-6-10-18-4/h5,7-8,11H,6,9-10,15H2,1-4H3. The van der Waals surface area contributed by atoms with Gasteiger partial charge in [0.2, 0.25) is 0 Å². The normalized spacial score (nSPS) is 10.7. The largest absolute Gasteiger partial charge is 0.489 e. The predicted octanol–water partition coefficient (Wildman–Crippen LogP) is 3.25. The van der Waals surface area contributed by atoms with Crippen LogP contribution in [0.2, 0.25) is 0 Å². The molecule has 3 nitrogen and oxygen atoms in total. The third-order valence-electron chi connectivity index (χ3n) is 2.66. The van der Waals surface area contributed by atoms with Crippen LogP contribution < -0.4 is 15.4 Å². The molecule has 0 atom stereocenters. The van der Waals surface area contributed by atoms with E-state index >= 15 is 0 Å². The van der Waals surface area contributed by atoms with Gasteiger partial charge >= 0.3 is 0 Å². The first-order valence-electron chi connectivity index (χ1n) is 6.31. The Hall–Kier alpha value is -1.03. The Bertz CT molecular complexity index is 369. The van der Waals surface area contributed by atoms with Gasteiger partial charge in [-0.3, -0.25) is 0 Å². The molecule has 1 aromatic rings. The number of ether oxygens (including phenoxy) is 1. The van der Waals surface area contributed by atoms with Gasteiger partial charge in [-0.15, -0.1) is 0 Å². The summed E-state index contributed by atoms with van der Waals surface area (Å²) in [6.07, 6.45) is 3.43. The summed E-state index contributed by atoms with van der Waals surface area (Å²) in [7, 11) is 2.07. The number of nitrogens with two attached hydrogens (primary N) is 1. The molecule has 18 heavy (non-hydrogen) atoms. The van der Waals surface area contributed by atoms with Crippen LogP contribution in [-0.2, 0) is 0 Å². The molecule has 4 heteroatoms. The molecule has 1 rings (SSSR count). The summed E-state index contributed by atoms with van der Waals surface area (Å²) in [6.45, 7) is 5.03. The van der Waals surface area contributed by atoms with Crippen molar-refractivity contribution in [2.24, 2.45) is 0 Å². The van der Waals surface area contributed by atoms with Crippen molar-refractivity contribution in [2.75, 3.05) is 36.2 Å². The van der Waals surface area contributed by atoms with E-state index in [0.717, 1.165) is 30.1 Å². The lowest BCUT2D eigenvalue weighted by molar-refractivity contribution is 0.244. The molecule has 0 heterocycles. The predicted molar refractivity (Wildman–Crippen MR) is 82.9 cm³/mol. The van der Waals surface area contributed by atoms with Gasteiger partial charge in [0.1, 0.15) is 5.75 Å². The van der Waals surface area contributed by atoms with Gasteiger partial charge < -0.3 is 15.4 Å². The summed E-state index contributed by atoms with van der Waals surface area (Å²) in [5.74, 6) is 1.95. The number of nitrogen functional groups attached to an aromatic ring is 1. The summed E-state index contributed by atoms with van der Waals surface area (Å²) in [6, 6.07) is 5.96. The summed E-state index contributed by atoms with van der Waals surface area (Å²) in [5, 5.41) is 0. The van der Waals surface area contributed by atoms with Gasteiger partial charge in [-0.2, -0.15) is 11.8 Å². The van der Waals surface area contributed by atoms with Crippen LogP contribution in [-0.4, -0.2) is 31.7 Å². The summed E-state index contributed by atoms with van der Waals surface area (Å²) in [4.78, 5) is 2.19. The fourth-order valence-corrected chi connectivity index (χ4v) is 2.21. The minimum absolute atomic E-state index is 0.143. The molecule has 102 valence electrons. The van der Waals surface area contributed by atoms with Gasteiger partial charge in [-0.1, -0.05) is 6.07 Å². The monoisotopic (exact) mass is 268 g/mol. The molecule has 2 N–H and O–H groups in total. The molecule has 0 amide bonds. The minimum Gasteiger partial charge on any atom is -0.489 e. The Labute approximate surface area is 115 Å². The van der Waals surface area contributed by atoms with Gasteiger partial charge in [0.05, 0.1) is 17.5 Å². The first-order valence-corrected chi connectivity index (χ1v) is 7.71. The van der Waals surface area contributed by atoms with Crippen molar-refractivity contribution in [1.82, 2.24) is 0 Å². The van der Waals surface area contributed by atoms with E-state index in [-0.39, 0.29) is 6.10 Å². The van der Waals surface area contributed by atoms with E-state index in [2.05, 4.69) is 18.2 Å². The fourth-order valence-electron chi connectivity index (χ4n) is 1.79. The Morgan fingerprint density at radius 2 is 2.11 bits per heavy atom. The highest BCUT2D eigenvalue weighted by atomic mass is 32.2. The van der Waals surface area contributed by atoms with Gasteiger partial charge in [0.25, 0.3) is 0 Å². The van der Waals surface area contributed by atoms with E-state index in [4.69, 9.17) is 10.5 Å². The molecule has 0 unspecified atom stereocenters. The van der Waals surface area contributed by atoms with Gasteiger partial charge in [-0.25, -0.2) is 0 Å². The van der Waals surface area contributed by atoms with Gasteiger partial charge in [0, 0.05) is 13.6 Å².